The Balaban J connectivity index is 1.54. The van der Waals surface area contributed by atoms with Crippen molar-refractivity contribution in [1.82, 2.24) is 0 Å². The van der Waals surface area contributed by atoms with Gasteiger partial charge in [-0.2, -0.15) is 0 Å². The molecule has 2 heterocycles. The molecule has 1 atom stereocenters. The van der Waals surface area contributed by atoms with Crippen LogP contribution in [0, 0.1) is 6.92 Å². The fourth-order valence-corrected chi connectivity index (χ4v) is 2.64. The Morgan fingerprint density at radius 1 is 1.12 bits per heavy atom. The van der Waals surface area contributed by atoms with Crippen LogP contribution in [0.5, 0.6) is 0 Å². The van der Waals surface area contributed by atoms with Crippen LogP contribution in [0.1, 0.15) is 23.2 Å². The fraction of sp³-hybridized carbons (Fsp3) is 0.368. The van der Waals surface area contributed by atoms with Gasteiger partial charge in [-0.05, 0) is 50.2 Å². The number of benzene rings is 1. The second-order valence-electron chi connectivity index (χ2n) is 6.09. The molecule has 1 saturated heterocycles. The van der Waals surface area contributed by atoms with Crippen molar-refractivity contribution in [1.29, 1.82) is 0 Å². The van der Waals surface area contributed by atoms with E-state index >= 15 is 0 Å². The molecule has 1 aromatic heterocycles. The van der Waals surface area contributed by atoms with E-state index in [9.17, 15) is 9.59 Å². The van der Waals surface area contributed by atoms with Crippen molar-refractivity contribution >= 4 is 23.3 Å². The van der Waals surface area contributed by atoms with Crippen LogP contribution >= 0.6 is 0 Å². The summed E-state index contributed by atoms with van der Waals surface area (Å²) >= 11 is 0. The Hall–Kier alpha value is -2.80. The van der Waals surface area contributed by atoms with Crippen LogP contribution in [-0.4, -0.2) is 44.3 Å². The number of carbonyl (C=O) groups excluding carboxylic acids is 2. The second-order valence-corrected chi connectivity index (χ2v) is 6.09. The summed E-state index contributed by atoms with van der Waals surface area (Å²) < 4.78 is 15.7. The van der Waals surface area contributed by atoms with Crippen molar-refractivity contribution in [3.8, 4) is 0 Å². The van der Waals surface area contributed by atoms with Crippen molar-refractivity contribution in [3.05, 3.63) is 47.9 Å². The maximum Gasteiger partial charge on any atom is 0.375 e. The molecular weight excluding hydrogens is 336 g/mol. The zero-order valence-electron chi connectivity index (χ0n) is 14.9. The highest BCUT2D eigenvalue weighted by Crippen LogP contribution is 2.19. The van der Waals surface area contributed by atoms with Crippen LogP contribution in [0.2, 0.25) is 0 Å². The molecule has 7 heteroatoms. The van der Waals surface area contributed by atoms with E-state index in [0.717, 1.165) is 32.0 Å². The zero-order valence-corrected chi connectivity index (χ0v) is 14.9. The predicted molar refractivity (Wildman–Crippen MR) is 96.4 cm³/mol. The summed E-state index contributed by atoms with van der Waals surface area (Å²) in [5, 5.41) is 2.74. The number of ether oxygens (including phenoxy) is 2. The van der Waals surface area contributed by atoms with E-state index in [-0.39, 0.29) is 5.76 Å². The molecule has 3 rings (SSSR count). The van der Waals surface area contributed by atoms with Gasteiger partial charge in [-0.1, -0.05) is 0 Å². The molecule has 2 aromatic rings. The maximum atomic E-state index is 12.2. The number of aryl methyl sites for hydroxylation is 1. The molecule has 7 nitrogen and oxygen atoms in total. The lowest BCUT2D eigenvalue weighted by Gasteiger charge is -2.28. The first kappa shape index (κ1) is 18.0. The van der Waals surface area contributed by atoms with Crippen LogP contribution in [0.3, 0.4) is 0 Å². The molecule has 1 fully saturated rings. The van der Waals surface area contributed by atoms with Crippen LogP contribution in [0.25, 0.3) is 0 Å². The summed E-state index contributed by atoms with van der Waals surface area (Å²) in [6.45, 7) is 6.39. The number of morpholine rings is 1. The molecule has 1 aliphatic rings. The number of nitrogens with one attached hydrogen (secondary N) is 1. The molecule has 1 aromatic carbocycles. The third-order valence-electron chi connectivity index (χ3n) is 4.11. The first-order valence-corrected chi connectivity index (χ1v) is 8.54. The molecule has 0 saturated carbocycles. The zero-order chi connectivity index (χ0) is 18.5. The lowest BCUT2D eigenvalue weighted by molar-refractivity contribution is -0.123. The largest absolute Gasteiger partial charge is 0.454 e. The lowest BCUT2D eigenvalue weighted by atomic mass is 10.2. The van der Waals surface area contributed by atoms with E-state index in [4.69, 9.17) is 13.9 Å². The number of amides is 1. The summed E-state index contributed by atoms with van der Waals surface area (Å²) in [4.78, 5) is 26.4. The van der Waals surface area contributed by atoms with Gasteiger partial charge in [0.15, 0.2) is 6.10 Å². The Kier molecular flexibility index (Phi) is 5.58. The van der Waals surface area contributed by atoms with Gasteiger partial charge in [0.1, 0.15) is 5.76 Å². The van der Waals surface area contributed by atoms with Gasteiger partial charge in [0, 0.05) is 24.5 Å². The minimum atomic E-state index is -0.938. The minimum absolute atomic E-state index is 0.0806. The normalized spacial score (nSPS) is 15.4. The van der Waals surface area contributed by atoms with Gasteiger partial charge in [-0.15, -0.1) is 0 Å². The molecule has 1 unspecified atom stereocenters. The summed E-state index contributed by atoms with van der Waals surface area (Å²) in [5.41, 5.74) is 1.72. The number of hydrogen-bond donors (Lipinski definition) is 1. The van der Waals surface area contributed by atoms with Crippen molar-refractivity contribution < 1.29 is 23.5 Å². The summed E-state index contributed by atoms with van der Waals surface area (Å²) in [6.07, 6.45) is -0.938. The highest BCUT2D eigenvalue weighted by molar-refractivity contribution is 5.96. The minimum Gasteiger partial charge on any atom is -0.454 e. The number of esters is 1. The van der Waals surface area contributed by atoms with Gasteiger partial charge in [0.2, 0.25) is 5.76 Å². The highest BCUT2D eigenvalue weighted by Gasteiger charge is 2.21. The molecule has 0 bridgehead atoms. The highest BCUT2D eigenvalue weighted by atomic mass is 16.6. The Morgan fingerprint density at radius 2 is 1.81 bits per heavy atom. The summed E-state index contributed by atoms with van der Waals surface area (Å²) in [6, 6.07) is 10.7. The Bertz CT molecular complexity index is 762. The van der Waals surface area contributed by atoms with Crippen molar-refractivity contribution in [2.75, 3.05) is 36.5 Å². The number of hydrogen-bond acceptors (Lipinski definition) is 6. The average Bonchev–Trinajstić information content (AvgIpc) is 3.09. The van der Waals surface area contributed by atoms with E-state index in [1.165, 1.54) is 13.0 Å². The molecule has 0 radical (unpaired) electrons. The van der Waals surface area contributed by atoms with Gasteiger partial charge in [0.05, 0.1) is 13.2 Å². The number of rotatable bonds is 5. The van der Waals surface area contributed by atoms with Gasteiger partial charge in [-0.25, -0.2) is 4.79 Å². The first-order valence-electron chi connectivity index (χ1n) is 8.54. The Morgan fingerprint density at radius 3 is 2.42 bits per heavy atom. The van der Waals surface area contributed by atoms with Crippen LogP contribution < -0.4 is 10.2 Å². The molecule has 0 aliphatic carbocycles. The maximum absolute atomic E-state index is 12.2. The quantitative estimate of drug-likeness (QED) is 0.828. The van der Waals surface area contributed by atoms with Gasteiger partial charge >= 0.3 is 5.97 Å². The van der Waals surface area contributed by atoms with E-state index in [0.29, 0.717) is 11.4 Å². The molecule has 1 amide bonds. The van der Waals surface area contributed by atoms with Gasteiger partial charge < -0.3 is 24.1 Å². The molecule has 138 valence electrons. The standard InChI is InChI=1S/C19H22N2O5/c1-13-3-8-17(25-13)19(23)26-14(2)18(22)20-15-4-6-16(7-5-15)21-9-11-24-12-10-21/h3-8,14H,9-12H2,1-2H3,(H,20,22). The van der Waals surface area contributed by atoms with Crippen molar-refractivity contribution in [2.45, 2.75) is 20.0 Å². The lowest BCUT2D eigenvalue weighted by Crippen LogP contribution is -2.36. The number of nitrogens with zero attached hydrogens (tertiary/aromatic N) is 1. The molecule has 26 heavy (non-hydrogen) atoms. The number of furan rings is 1. The number of anilines is 2. The van der Waals surface area contributed by atoms with Crippen molar-refractivity contribution in [2.24, 2.45) is 0 Å². The topological polar surface area (TPSA) is 81.0 Å². The van der Waals surface area contributed by atoms with Gasteiger partial charge in [0.25, 0.3) is 5.91 Å². The molecular formula is C19H22N2O5. The SMILES string of the molecule is Cc1ccc(C(=O)OC(C)C(=O)Nc2ccc(N3CCOCC3)cc2)o1. The summed E-state index contributed by atoms with van der Waals surface area (Å²) in [7, 11) is 0. The van der Waals surface area contributed by atoms with Crippen LogP contribution in [0.15, 0.2) is 40.8 Å². The first-order chi connectivity index (χ1) is 12.5. The monoisotopic (exact) mass is 358 g/mol. The van der Waals surface area contributed by atoms with Crippen LogP contribution in [-0.2, 0) is 14.3 Å². The second kappa shape index (κ2) is 8.05. The summed E-state index contributed by atoms with van der Waals surface area (Å²) in [5.74, 6) is -0.379. The predicted octanol–water partition coefficient (Wildman–Crippen LogP) is 2.61. The third-order valence-corrected chi connectivity index (χ3v) is 4.11. The van der Waals surface area contributed by atoms with E-state index in [1.54, 1.807) is 13.0 Å². The fourth-order valence-electron chi connectivity index (χ4n) is 2.64. The van der Waals surface area contributed by atoms with Crippen molar-refractivity contribution in [3.63, 3.8) is 0 Å². The number of carbonyl (C=O) groups is 2. The molecule has 1 N–H and O–H groups in total. The van der Waals surface area contributed by atoms with E-state index in [1.807, 2.05) is 24.3 Å². The van der Waals surface area contributed by atoms with E-state index in [2.05, 4.69) is 10.2 Å². The molecule has 0 spiro atoms. The van der Waals surface area contributed by atoms with E-state index < -0.39 is 18.0 Å². The van der Waals surface area contributed by atoms with Crippen LogP contribution in [0.4, 0.5) is 11.4 Å². The average molecular weight is 358 g/mol. The van der Waals surface area contributed by atoms with Gasteiger partial charge in [-0.3, -0.25) is 4.79 Å². The molecule has 1 aliphatic heterocycles. The Labute approximate surface area is 151 Å². The smallest absolute Gasteiger partial charge is 0.375 e. The third kappa shape index (κ3) is 4.43.